The molecule has 2 fully saturated rings. The molecule has 1 unspecified atom stereocenters. The molecule has 2 heterocycles. The second-order valence-electron chi connectivity index (χ2n) is 6.10. The molecule has 1 N–H and O–H groups in total. The topological polar surface area (TPSA) is 34.1 Å². The Morgan fingerprint density at radius 2 is 2.00 bits per heavy atom. The van der Waals surface area contributed by atoms with Crippen LogP contribution < -0.4 is 10.1 Å². The summed E-state index contributed by atoms with van der Waals surface area (Å²) in [4.78, 5) is 3.56. The highest BCUT2D eigenvalue weighted by molar-refractivity contribution is 5.32. The van der Waals surface area contributed by atoms with Crippen molar-refractivity contribution >= 4 is 0 Å². The van der Waals surface area contributed by atoms with Crippen LogP contribution in [0.5, 0.6) is 5.75 Å². The second-order valence-corrected chi connectivity index (χ2v) is 6.10. The molecular weight excluding hydrogens is 281 g/mol. The van der Waals surface area contributed by atoms with Crippen LogP contribution in [0.25, 0.3) is 0 Å². The number of nitrogens with one attached hydrogen (secondary N) is 1. The van der Waals surface area contributed by atoms with E-state index in [-0.39, 0.29) is 17.3 Å². The Bertz CT molecular complexity index is 498. The summed E-state index contributed by atoms with van der Waals surface area (Å²) in [6, 6.07) is 1.32. The van der Waals surface area contributed by atoms with Crippen molar-refractivity contribution in [3.8, 4) is 5.75 Å². The van der Waals surface area contributed by atoms with Crippen LogP contribution in [-0.2, 0) is 6.18 Å². The summed E-state index contributed by atoms with van der Waals surface area (Å²) in [5.74, 6) is -0.0894. The Hall–Kier alpha value is -1.30. The van der Waals surface area contributed by atoms with Gasteiger partial charge in [0.05, 0.1) is 6.10 Å². The summed E-state index contributed by atoms with van der Waals surface area (Å²) >= 11 is 0. The van der Waals surface area contributed by atoms with Gasteiger partial charge < -0.3 is 10.1 Å². The number of hydrogen-bond donors (Lipinski definition) is 1. The van der Waals surface area contributed by atoms with E-state index in [1.54, 1.807) is 0 Å². The van der Waals surface area contributed by atoms with Crippen molar-refractivity contribution in [1.29, 1.82) is 0 Å². The van der Waals surface area contributed by atoms with Crippen molar-refractivity contribution in [1.82, 2.24) is 10.3 Å². The molecule has 6 heteroatoms. The third kappa shape index (κ3) is 3.15. The molecule has 3 nitrogen and oxygen atoms in total. The third-order valence-electron chi connectivity index (χ3n) is 4.70. The number of nitrogens with zero attached hydrogens (tertiary/aromatic N) is 1. The van der Waals surface area contributed by atoms with Crippen molar-refractivity contribution in [2.75, 3.05) is 13.1 Å². The van der Waals surface area contributed by atoms with Crippen molar-refractivity contribution in [3.05, 3.63) is 24.0 Å². The normalized spacial score (nSPS) is 25.2. The minimum absolute atomic E-state index is 0.0894. The number of ether oxygens (including phenoxy) is 1. The molecule has 1 aliphatic carbocycles. The number of pyridine rings is 1. The fourth-order valence-electron chi connectivity index (χ4n) is 3.54. The van der Waals surface area contributed by atoms with Gasteiger partial charge in [-0.3, -0.25) is 4.98 Å². The largest absolute Gasteiger partial charge is 0.490 e. The molecule has 116 valence electrons. The molecule has 2 aliphatic rings. The van der Waals surface area contributed by atoms with Gasteiger partial charge in [-0.25, -0.2) is 0 Å². The van der Waals surface area contributed by atoms with Crippen LogP contribution in [0.4, 0.5) is 13.2 Å². The van der Waals surface area contributed by atoms with E-state index in [2.05, 4.69) is 10.3 Å². The predicted molar refractivity (Wildman–Crippen MR) is 72.0 cm³/mol. The quantitative estimate of drug-likeness (QED) is 0.909. The van der Waals surface area contributed by atoms with Crippen LogP contribution in [-0.4, -0.2) is 24.2 Å². The van der Waals surface area contributed by atoms with E-state index in [1.165, 1.54) is 12.3 Å². The molecule has 0 radical (unpaired) electrons. The van der Waals surface area contributed by atoms with Gasteiger partial charge in [0.2, 0.25) is 0 Å². The zero-order chi connectivity index (χ0) is 14.9. The molecule has 0 aromatic carbocycles. The maximum absolute atomic E-state index is 12.9. The maximum Gasteiger partial charge on any atom is 0.421 e. The Kier molecular flexibility index (Phi) is 3.82. The first-order valence-electron chi connectivity index (χ1n) is 7.37. The molecule has 3 rings (SSSR count). The fourth-order valence-corrected chi connectivity index (χ4v) is 3.54. The highest BCUT2D eigenvalue weighted by atomic mass is 19.4. The van der Waals surface area contributed by atoms with Gasteiger partial charge >= 0.3 is 6.18 Å². The molecule has 1 saturated heterocycles. The second kappa shape index (κ2) is 5.48. The van der Waals surface area contributed by atoms with Crippen LogP contribution in [0, 0.1) is 5.41 Å². The average Bonchev–Trinajstić information content (AvgIpc) is 2.81. The van der Waals surface area contributed by atoms with Gasteiger partial charge in [-0.05, 0) is 56.7 Å². The van der Waals surface area contributed by atoms with Crippen LogP contribution in [0.1, 0.15) is 37.7 Å². The van der Waals surface area contributed by atoms with Crippen LogP contribution >= 0.6 is 0 Å². The van der Waals surface area contributed by atoms with Gasteiger partial charge in [0, 0.05) is 12.4 Å². The van der Waals surface area contributed by atoms with E-state index >= 15 is 0 Å². The number of aromatic nitrogens is 1. The van der Waals surface area contributed by atoms with E-state index in [0.29, 0.717) is 0 Å². The van der Waals surface area contributed by atoms with Crippen LogP contribution in [0.15, 0.2) is 18.5 Å². The van der Waals surface area contributed by atoms with Crippen molar-refractivity contribution in [3.63, 3.8) is 0 Å². The number of rotatable bonds is 2. The number of halogens is 3. The van der Waals surface area contributed by atoms with Gasteiger partial charge in [-0.2, -0.15) is 13.2 Å². The van der Waals surface area contributed by atoms with E-state index < -0.39 is 11.7 Å². The van der Waals surface area contributed by atoms with Crippen molar-refractivity contribution in [2.45, 2.75) is 44.4 Å². The first-order chi connectivity index (χ1) is 9.99. The van der Waals surface area contributed by atoms with Crippen molar-refractivity contribution < 1.29 is 17.9 Å². The molecular formula is C15H19F3N2O. The maximum atomic E-state index is 12.9. The van der Waals surface area contributed by atoms with Gasteiger partial charge in [-0.15, -0.1) is 0 Å². The number of alkyl halides is 3. The first kappa shape index (κ1) is 14.6. The first-order valence-corrected chi connectivity index (χ1v) is 7.37. The zero-order valence-corrected chi connectivity index (χ0v) is 11.7. The predicted octanol–water partition coefficient (Wildman–Crippen LogP) is 3.40. The summed E-state index contributed by atoms with van der Waals surface area (Å²) in [6.45, 7) is 1.99. The zero-order valence-electron chi connectivity index (χ0n) is 11.7. The van der Waals surface area contributed by atoms with E-state index in [0.717, 1.165) is 51.4 Å². The molecule has 1 aliphatic heterocycles. The molecule has 1 aromatic heterocycles. The molecule has 21 heavy (non-hydrogen) atoms. The lowest BCUT2D eigenvalue weighted by molar-refractivity contribution is -0.139. The summed E-state index contributed by atoms with van der Waals surface area (Å²) in [7, 11) is 0. The number of piperidine rings is 1. The van der Waals surface area contributed by atoms with Gasteiger partial charge in [0.1, 0.15) is 11.3 Å². The van der Waals surface area contributed by atoms with Gasteiger partial charge in [0.15, 0.2) is 0 Å². The Morgan fingerprint density at radius 3 is 2.71 bits per heavy atom. The lowest BCUT2D eigenvalue weighted by Gasteiger charge is -2.33. The highest BCUT2D eigenvalue weighted by Crippen LogP contribution is 2.47. The van der Waals surface area contributed by atoms with Gasteiger partial charge in [0.25, 0.3) is 0 Å². The number of hydrogen-bond acceptors (Lipinski definition) is 3. The molecule has 0 amide bonds. The highest BCUT2D eigenvalue weighted by Gasteiger charge is 2.42. The van der Waals surface area contributed by atoms with E-state index in [9.17, 15) is 13.2 Å². The smallest absolute Gasteiger partial charge is 0.421 e. The standard InChI is InChI=1S/C15H19F3N2O/c16-15(17,18)12-10-20-6-2-13(12)21-11-1-3-14(9-11)4-7-19-8-5-14/h2,6,10-11,19H,1,3-5,7-9H2. The monoisotopic (exact) mass is 300 g/mol. The van der Waals surface area contributed by atoms with Gasteiger partial charge in [-0.1, -0.05) is 0 Å². The summed E-state index contributed by atoms with van der Waals surface area (Å²) in [6.07, 6.45) is 2.57. The van der Waals surface area contributed by atoms with Crippen LogP contribution in [0.2, 0.25) is 0 Å². The lowest BCUT2D eigenvalue weighted by atomic mass is 9.77. The molecule has 1 aromatic rings. The fraction of sp³-hybridized carbons (Fsp3) is 0.667. The summed E-state index contributed by atoms with van der Waals surface area (Å²) in [5, 5.41) is 3.33. The molecule has 1 spiro atoms. The third-order valence-corrected chi connectivity index (χ3v) is 4.70. The summed E-state index contributed by atoms with van der Waals surface area (Å²) in [5.41, 5.74) is -0.516. The average molecular weight is 300 g/mol. The van der Waals surface area contributed by atoms with E-state index in [4.69, 9.17) is 4.74 Å². The minimum Gasteiger partial charge on any atom is -0.490 e. The minimum atomic E-state index is -4.42. The Labute approximate surface area is 121 Å². The Balaban J connectivity index is 1.71. The van der Waals surface area contributed by atoms with Crippen molar-refractivity contribution in [2.24, 2.45) is 5.41 Å². The SMILES string of the molecule is FC(F)(F)c1cnccc1OC1CCC2(CCNCC2)C1. The lowest BCUT2D eigenvalue weighted by Crippen LogP contribution is -2.35. The molecule has 0 bridgehead atoms. The molecule has 1 saturated carbocycles. The van der Waals surface area contributed by atoms with E-state index in [1.807, 2.05) is 0 Å². The Morgan fingerprint density at radius 1 is 1.24 bits per heavy atom. The molecule has 1 atom stereocenters. The summed E-state index contributed by atoms with van der Waals surface area (Å²) < 4.78 is 44.5. The van der Waals surface area contributed by atoms with Crippen LogP contribution in [0.3, 0.4) is 0 Å².